The molecule has 1 heterocycles. The lowest BCUT2D eigenvalue weighted by molar-refractivity contribution is -0.116. The van der Waals surface area contributed by atoms with Crippen molar-refractivity contribution in [2.45, 2.75) is 26.3 Å². The molecule has 1 atom stereocenters. The van der Waals surface area contributed by atoms with Crippen LogP contribution in [0.3, 0.4) is 0 Å². The molecule has 7 heteroatoms. The number of hydrogen-bond acceptors (Lipinski definition) is 4. The van der Waals surface area contributed by atoms with Gasteiger partial charge in [0.25, 0.3) is 5.91 Å². The van der Waals surface area contributed by atoms with Crippen molar-refractivity contribution in [1.82, 2.24) is 10.6 Å². The molecule has 0 bridgehead atoms. The molecule has 1 saturated heterocycles. The maximum atomic E-state index is 12.1. The molecule has 128 valence electrons. The van der Waals surface area contributed by atoms with Crippen molar-refractivity contribution < 1.29 is 9.59 Å². The third-order valence-corrected chi connectivity index (χ3v) is 4.66. The number of benzene rings is 1. The predicted octanol–water partition coefficient (Wildman–Crippen LogP) is 2.20. The van der Waals surface area contributed by atoms with Crippen molar-refractivity contribution >= 4 is 41.7 Å². The van der Waals surface area contributed by atoms with E-state index < -0.39 is 0 Å². The summed E-state index contributed by atoms with van der Waals surface area (Å²) in [5.74, 6) is 2.00. The number of rotatable bonds is 5. The van der Waals surface area contributed by atoms with Crippen LogP contribution in [0.25, 0.3) is 0 Å². The molecular weight excluding hydrogens is 334 g/mol. The van der Waals surface area contributed by atoms with E-state index in [1.54, 1.807) is 18.2 Å². The zero-order valence-electron chi connectivity index (χ0n) is 13.5. The lowest BCUT2D eigenvalue weighted by Gasteiger charge is -2.22. The summed E-state index contributed by atoms with van der Waals surface area (Å²) in [5, 5.41) is 9.06. The van der Waals surface area contributed by atoms with Crippen LogP contribution in [-0.4, -0.2) is 42.5 Å². The van der Waals surface area contributed by atoms with E-state index in [0.29, 0.717) is 18.5 Å². The van der Waals surface area contributed by atoms with Gasteiger partial charge in [-0.2, -0.15) is 11.8 Å². The summed E-state index contributed by atoms with van der Waals surface area (Å²) >= 11 is 1.88. The van der Waals surface area contributed by atoms with Crippen LogP contribution in [0.5, 0.6) is 0 Å². The molecule has 2 amide bonds. The first-order valence-corrected chi connectivity index (χ1v) is 8.75. The Bertz CT molecular complexity index is 548. The Morgan fingerprint density at radius 2 is 2.17 bits per heavy atom. The molecule has 1 aliphatic rings. The number of halogens is 1. The zero-order valence-corrected chi connectivity index (χ0v) is 15.1. The smallest absolute Gasteiger partial charge is 0.251 e. The van der Waals surface area contributed by atoms with Gasteiger partial charge in [-0.1, -0.05) is 0 Å². The maximum Gasteiger partial charge on any atom is 0.251 e. The molecule has 1 aromatic rings. The van der Waals surface area contributed by atoms with Crippen LogP contribution in [-0.2, 0) is 4.79 Å². The van der Waals surface area contributed by atoms with Crippen LogP contribution in [0.4, 0.5) is 5.69 Å². The molecule has 1 aromatic carbocycles. The van der Waals surface area contributed by atoms with Crippen molar-refractivity contribution in [3.8, 4) is 0 Å². The molecule has 0 spiro atoms. The van der Waals surface area contributed by atoms with Crippen LogP contribution < -0.4 is 16.0 Å². The van der Waals surface area contributed by atoms with Gasteiger partial charge in [-0.3, -0.25) is 9.59 Å². The Labute approximate surface area is 147 Å². The molecule has 23 heavy (non-hydrogen) atoms. The fourth-order valence-electron chi connectivity index (χ4n) is 2.38. The van der Waals surface area contributed by atoms with Gasteiger partial charge in [-0.25, -0.2) is 0 Å². The van der Waals surface area contributed by atoms with Gasteiger partial charge in [0.2, 0.25) is 5.91 Å². The molecule has 5 nitrogen and oxygen atoms in total. The van der Waals surface area contributed by atoms with Gasteiger partial charge in [0.1, 0.15) is 0 Å². The summed E-state index contributed by atoms with van der Waals surface area (Å²) in [6.07, 6.45) is 0.477. The Hall–Kier alpha value is -1.24. The van der Waals surface area contributed by atoms with Crippen molar-refractivity contribution in [2.24, 2.45) is 0 Å². The van der Waals surface area contributed by atoms with Crippen molar-refractivity contribution in [3.05, 3.63) is 29.3 Å². The molecule has 0 aliphatic carbocycles. The maximum absolute atomic E-state index is 12.1. The third-order valence-electron chi connectivity index (χ3n) is 3.53. The lowest BCUT2D eigenvalue weighted by Crippen LogP contribution is -2.39. The van der Waals surface area contributed by atoms with Crippen LogP contribution in [0.15, 0.2) is 18.2 Å². The Morgan fingerprint density at radius 1 is 1.39 bits per heavy atom. The monoisotopic (exact) mass is 357 g/mol. The summed E-state index contributed by atoms with van der Waals surface area (Å²) in [4.78, 5) is 23.9. The van der Waals surface area contributed by atoms with E-state index in [-0.39, 0.29) is 30.3 Å². The highest BCUT2D eigenvalue weighted by molar-refractivity contribution is 7.99. The molecule has 2 rings (SSSR count). The minimum atomic E-state index is -0.0908. The summed E-state index contributed by atoms with van der Waals surface area (Å²) in [6, 6.07) is 5.58. The molecular formula is C16H24ClN3O2S. The number of thioether (sulfide) groups is 1. The summed E-state index contributed by atoms with van der Waals surface area (Å²) in [5.41, 5.74) is 2.27. The van der Waals surface area contributed by atoms with E-state index >= 15 is 0 Å². The van der Waals surface area contributed by atoms with E-state index in [0.717, 1.165) is 29.3 Å². The van der Waals surface area contributed by atoms with Crippen LogP contribution in [0, 0.1) is 6.92 Å². The first-order valence-electron chi connectivity index (χ1n) is 7.60. The number of hydrogen-bond donors (Lipinski definition) is 3. The number of anilines is 1. The highest BCUT2D eigenvalue weighted by atomic mass is 35.5. The van der Waals surface area contributed by atoms with Gasteiger partial charge < -0.3 is 16.0 Å². The Morgan fingerprint density at radius 3 is 2.78 bits per heavy atom. The first kappa shape index (κ1) is 19.8. The summed E-state index contributed by atoms with van der Waals surface area (Å²) in [7, 11) is 0. The fraction of sp³-hybridized carbons (Fsp3) is 0.500. The van der Waals surface area contributed by atoms with E-state index in [1.807, 2.05) is 25.6 Å². The SMILES string of the molecule is CCNC(=O)c1ccc(NC(=O)CC2CSCCN2)c(C)c1.Cl. The highest BCUT2D eigenvalue weighted by Crippen LogP contribution is 2.18. The minimum Gasteiger partial charge on any atom is -0.352 e. The van der Waals surface area contributed by atoms with Gasteiger partial charge in [-0.05, 0) is 37.6 Å². The second-order valence-corrected chi connectivity index (χ2v) is 6.52. The fourth-order valence-corrected chi connectivity index (χ4v) is 3.33. The van der Waals surface area contributed by atoms with E-state index in [9.17, 15) is 9.59 Å². The quantitative estimate of drug-likeness (QED) is 0.755. The second kappa shape index (κ2) is 9.80. The van der Waals surface area contributed by atoms with E-state index in [2.05, 4.69) is 16.0 Å². The predicted molar refractivity (Wildman–Crippen MR) is 98.8 cm³/mol. The summed E-state index contributed by atoms with van der Waals surface area (Å²) < 4.78 is 0. The van der Waals surface area contributed by atoms with Crippen LogP contribution in [0.2, 0.25) is 0 Å². The second-order valence-electron chi connectivity index (χ2n) is 5.37. The van der Waals surface area contributed by atoms with Gasteiger partial charge in [-0.15, -0.1) is 12.4 Å². The number of nitrogens with one attached hydrogen (secondary N) is 3. The van der Waals surface area contributed by atoms with Crippen molar-refractivity contribution in [2.75, 3.05) is 29.9 Å². The molecule has 0 saturated carbocycles. The molecule has 1 fully saturated rings. The lowest BCUT2D eigenvalue weighted by atomic mass is 10.1. The average molecular weight is 358 g/mol. The number of carbonyl (C=O) groups is 2. The standard InChI is InChI=1S/C16H23N3O2S.ClH/c1-3-17-16(21)12-4-5-14(11(2)8-12)19-15(20)9-13-10-22-7-6-18-13;/h4-5,8,13,18H,3,6-7,9-10H2,1-2H3,(H,17,21)(H,19,20);1H. The first-order chi connectivity index (χ1) is 10.6. The minimum absolute atomic E-state index is 0. The largest absolute Gasteiger partial charge is 0.352 e. The van der Waals surface area contributed by atoms with E-state index in [1.165, 1.54) is 0 Å². The molecule has 0 radical (unpaired) electrons. The van der Waals surface area contributed by atoms with Crippen molar-refractivity contribution in [3.63, 3.8) is 0 Å². The van der Waals surface area contributed by atoms with Gasteiger partial charge in [0.05, 0.1) is 0 Å². The number of aryl methyl sites for hydroxylation is 1. The molecule has 1 unspecified atom stereocenters. The topological polar surface area (TPSA) is 70.2 Å². The zero-order chi connectivity index (χ0) is 15.9. The Kier molecular flexibility index (Phi) is 8.44. The molecule has 1 aliphatic heterocycles. The van der Waals surface area contributed by atoms with Gasteiger partial charge in [0.15, 0.2) is 0 Å². The van der Waals surface area contributed by atoms with Crippen LogP contribution >= 0.6 is 24.2 Å². The number of amides is 2. The molecule has 3 N–H and O–H groups in total. The summed E-state index contributed by atoms with van der Waals surface area (Å²) in [6.45, 7) is 5.34. The van der Waals surface area contributed by atoms with Crippen LogP contribution in [0.1, 0.15) is 29.3 Å². The third kappa shape index (κ3) is 6.05. The van der Waals surface area contributed by atoms with Gasteiger partial charge >= 0.3 is 0 Å². The van der Waals surface area contributed by atoms with Gasteiger partial charge in [0, 0.05) is 48.3 Å². The van der Waals surface area contributed by atoms with Crippen molar-refractivity contribution in [1.29, 1.82) is 0 Å². The Balaban J connectivity index is 0.00000264. The molecule has 0 aromatic heterocycles. The normalized spacial score (nSPS) is 17.0. The van der Waals surface area contributed by atoms with E-state index in [4.69, 9.17) is 0 Å². The number of carbonyl (C=O) groups excluding carboxylic acids is 2. The highest BCUT2D eigenvalue weighted by Gasteiger charge is 2.17. The average Bonchev–Trinajstić information content (AvgIpc) is 2.50.